The van der Waals surface area contributed by atoms with Crippen LogP contribution in [0.25, 0.3) is 0 Å². The van der Waals surface area contributed by atoms with E-state index in [4.69, 9.17) is 0 Å². The van der Waals surface area contributed by atoms with Crippen molar-refractivity contribution in [3.63, 3.8) is 0 Å². The summed E-state index contributed by atoms with van der Waals surface area (Å²) in [6, 6.07) is 16.0. The lowest BCUT2D eigenvalue weighted by atomic mass is 10.1. The average Bonchev–Trinajstić information content (AvgIpc) is 2.46. The quantitative estimate of drug-likeness (QED) is 0.620. The van der Waals surface area contributed by atoms with Crippen LogP contribution in [0.15, 0.2) is 53.4 Å². The third kappa shape index (κ3) is 3.86. The fraction of sp³-hybridized carbons (Fsp3) is 0.188. The minimum Gasteiger partial charge on any atom is -0.465 e. The molecule has 0 saturated heterocycles. The van der Waals surface area contributed by atoms with E-state index in [9.17, 15) is 4.79 Å². The summed E-state index contributed by atoms with van der Waals surface area (Å²) in [5.74, 6) is 0.600. The number of hydrogen-bond acceptors (Lipinski definition) is 3. The topological polar surface area (TPSA) is 26.3 Å². The molecule has 98 valence electrons. The van der Waals surface area contributed by atoms with Crippen LogP contribution in [0.3, 0.4) is 0 Å². The molecule has 0 fully saturated rings. The van der Waals surface area contributed by atoms with Crippen molar-refractivity contribution in [2.75, 3.05) is 7.11 Å². The van der Waals surface area contributed by atoms with Crippen LogP contribution in [0.1, 0.15) is 21.5 Å². The molecule has 2 rings (SSSR count). The number of hydrogen-bond donors (Lipinski definition) is 0. The van der Waals surface area contributed by atoms with E-state index in [-0.39, 0.29) is 5.97 Å². The van der Waals surface area contributed by atoms with Crippen LogP contribution in [-0.4, -0.2) is 13.1 Å². The molecule has 0 saturated carbocycles. The first-order valence-corrected chi connectivity index (χ1v) is 7.04. The van der Waals surface area contributed by atoms with Gasteiger partial charge in [0.15, 0.2) is 0 Å². The van der Waals surface area contributed by atoms with Crippen molar-refractivity contribution < 1.29 is 9.53 Å². The average molecular weight is 272 g/mol. The van der Waals surface area contributed by atoms with Gasteiger partial charge in [0.05, 0.1) is 12.7 Å². The zero-order chi connectivity index (χ0) is 13.7. The summed E-state index contributed by atoms with van der Waals surface area (Å²) in [6.45, 7) is 2.08. The van der Waals surface area contributed by atoms with E-state index >= 15 is 0 Å². The molecule has 0 aliphatic carbocycles. The van der Waals surface area contributed by atoms with Crippen molar-refractivity contribution in [3.05, 3.63) is 65.2 Å². The van der Waals surface area contributed by atoms with Gasteiger partial charge in [0.2, 0.25) is 0 Å². The number of aryl methyl sites for hydroxylation is 1. The second kappa shape index (κ2) is 6.43. The lowest BCUT2D eigenvalue weighted by molar-refractivity contribution is 0.0600. The van der Waals surface area contributed by atoms with Gasteiger partial charge < -0.3 is 4.74 Å². The van der Waals surface area contributed by atoms with Crippen LogP contribution < -0.4 is 0 Å². The zero-order valence-electron chi connectivity index (χ0n) is 11.1. The molecule has 2 aromatic rings. The highest BCUT2D eigenvalue weighted by Crippen LogP contribution is 2.23. The first-order chi connectivity index (χ1) is 9.19. The van der Waals surface area contributed by atoms with Gasteiger partial charge in [0.25, 0.3) is 0 Å². The van der Waals surface area contributed by atoms with Crippen LogP contribution in [0.2, 0.25) is 0 Å². The molecule has 0 aliphatic heterocycles. The van der Waals surface area contributed by atoms with Gasteiger partial charge in [-0.1, -0.05) is 29.8 Å². The van der Waals surface area contributed by atoms with Crippen LogP contribution in [0.5, 0.6) is 0 Å². The number of methoxy groups -OCH3 is 1. The molecule has 2 nitrogen and oxygen atoms in total. The lowest BCUT2D eigenvalue weighted by Crippen LogP contribution is -2.00. The van der Waals surface area contributed by atoms with Crippen molar-refractivity contribution in [3.8, 4) is 0 Å². The summed E-state index contributed by atoms with van der Waals surface area (Å²) in [7, 11) is 1.39. The maximum absolute atomic E-state index is 11.3. The van der Waals surface area contributed by atoms with Crippen LogP contribution in [-0.2, 0) is 10.5 Å². The van der Waals surface area contributed by atoms with E-state index in [2.05, 4.69) is 35.9 Å². The normalized spacial score (nSPS) is 10.2. The van der Waals surface area contributed by atoms with Gasteiger partial charge in [-0.15, -0.1) is 11.8 Å². The molecule has 2 aromatic carbocycles. The molecule has 0 radical (unpaired) electrons. The van der Waals surface area contributed by atoms with E-state index < -0.39 is 0 Å². The number of carbonyl (C=O) groups is 1. The summed E-state index contributed by atoms with van der Waals surface area (Å²) in [5.41, 5.74) is 3.05. The Kier molecular flexibility index (Phi) is 4.63. The van der Waals surface area contributed by atoms with Gasteiger partial charge in [-0.2, -0.15) is 0 Å². The summed E-state index contributed by atoms with van der Waals surface area (Å²) in [6.07, 6.45) is 0. The highest BCUT2D eigenvalue weighted by Gasteiger charge is 2.04. The Morgan fingerprint density at radius 1 is 1.05 bits per heavy atom. The number of benzene rings is 2. The Hall–Kier alpha value is -1.74. The number of ether oxygens (including phenoxy) is 1. The predicted molar refractivity (Wildman–Crippen MR) is 78.5 cm³/mol. The fourth-order valence-electron chi connectivity index (χ4n) is 1.66. The Balaban J connectivity index is 1.96. The largest absolute Gasteiger partial charge is 0.465 e. The van der Waals surface area contributed by atoms with E-state index in [0.29, 0.717) is 5.56 Å². The summed E-state index contributed by atoms with van der Waals surface area (Å²) in [5, 5.41) is 0. The number of esters is 1. The molecule has 0 spiro atoms. The molecule has 0 amide bonds. The summed E-state index contributed by atoms with van der Waals surface area (Å²) in [4.78, 5) is 12.6. The minimum absolute atomic E-state index is 0.294. The number of carbonyl (C=O) groups excluding carboxylic acids is 1. The van der Waals surface area contributed by atoms with Crippen molar-refractivity contribution in [1.29, 1.82) is 0 Å². The molecular weight excluding hydrogens is 256 g/mol. The Morgan fingerprint density at radius 3 is 2.26 bits per heavy atom. The predicted octanol–water partition coefficient (Wildman–Crippen LogP) is 4.07. The summed E-state index contributed by atoms with van der Waals surface area (Å²) < 4.78 is 4.67. The van der Waals surface area contributed by atoms with Crippen LogP contribution in [0.4, 0.5) is 0 Å². The summed E-state index contributed by atoms with van der Waals surface area (Å²) >= 11 is 1.79. The molecule has 19 heavy (non-hydrogen) atoms. The smallest absolute Gasteiger partial charge is 0.337 e. The Morgan fingerprint density at radius 2 is 1.68 bits per heavy atom. The Bertz CT molecular complexity index is 544. The van der Waals surface area contributed by atoms with Crippen molar-refractivity contribution >= 4 is 17.7 Å². The molecule has 0 aromatic heterocycles. The first kappa shape index (κ1) is 13.7. The highest BCUT2D eigenvalue weighted by atomic mass is 32.2. The number of thioether (sulfide) groups is 1. The second-order valence-electron chi connectivity index (χ2n) is 4.29. The molecule has 0 atom stereocenters. The molecule has 0 N–H and O–H groups in total. The van der Waals surface area contributed by atoms with Crippen molar-refractivity contribution in [1.82, 2.24) is 0 Å². The fourth-order valence-corrected chi connectivity index (χ4v) is 2.51. The molecular formula is C16H16O2S. The molecule has 0 aliphatic rings. The van der Waals surface area contributed by atoms with E-state index in [1.54, 1.807) is 23.9 Å². The SMILES string of the molecule is COC(=O)c1ccc(CSc2ccc(C)cc2)cc1. The van der Waals surface area contributed by atoms with Crippen molar-refractivity contribution in [2.45, 2.75) is 17.6 Å². The monoisotopic (exact) mass is 272 g/mol. The van der Waals surface area contributed by atoms with Crippen LogP contribution in [0, 0.1) is 6.92 Å². The second-order valence-corrected chi connectivity index (χ2v) is 5.34. The molecule has 0 heterocycles. The van der Waals surface area contributed by atoms with E-state index in [1.165, 1.54) is 23.1 Å². The first-order valence-electron chi connectivity index (χ1n) is 6.06. The van der Waals surface area contributed by atoms with Gasteiger partial charge in [-0.3, -0.25) is 0 Å². The number of rotatable bonds is 4. The van der Waals surface area contributed by atoms with Gasteiger partial charge >= 0.3 is 5.97 Å². The van der Waals surface area contributed by atoms with Crippen molar-refractivity contribution in [2.24, 2.45) is 0 Å². The standard InChI is InChI=1S/C16H16O2S/c1-12-3-9-15(10-4-12)19-11-13-5-7-14(8-6-13)16(17)18-2/h3-10H,11H2,1-2H3. The molecule has 0 unspecified atom stereocenters. The highest BCUT2D eigenvalue weighted by molar-refractivity contribution is 7.98. The van der Waals surface area contributed by atoms with Gasteiger partial charge in [-0.05, 0) is 36.8 Å². The molecule has 0 bridgehead atoms. The maximum atomic E-state index is 11.3. The van der Waals surface area contributed by atoms with Crippen LogP contribution >= 0.6 is 11.8 Å². The van der Waals surface area contributed by atoms with Gasteiger partial charge in [-0.25, -0.2) is 4.79 Å². The third-order valence-corrected chi connectivity index (χ3v) is 3.88. The van der Waals surface area contributed by atoms with Gasteiger partial charge in [0, 0.05) is 10.6 Å². The lowest BCUT2D eigenvalue weighted by Gasteiger charge is -2.04. The minimum atomic E-state index is -0.294. The molecule has 3 heteroatoms. The third-order valence-electron chi connectivity index (χ3n) is 2.80. The van der Waals surface area contributed by atoms with E-state index in [1.807, 2.05) is 12.1 Å². The van der Waals surface area contributed by atoms with E-state index in [0.717, 1.165) is 5.75 Å². The maximum Gasteiger partial charge on any atom is 0.337 e. The Labute approximate surface area is 117 Å². The van der Waals surface area contributed by atoms with Gasteiger partial charge in [0.1, 0.15) is 0 Å². The zero-order valence-corrected chi connectivity index (χ0v) is 11.9.